The van der Waals surface area contributed by atoms with Gasteiger partial charge in [-0.05, 0) is 48.8 Å². The van der Waals surface area contributed by atoms with E-state index >= 15 is 0 Å². The first-order valence-corrected chi connectivity index (χ1v) is 6.93. The molecule has 0 spiro atoms. The highest BCUT2D eigenvalue weighted by atomic mass is 19.1. The Kier molecular flexibility index (Phi) is 4.92. The molecule has 19 heavy (non-hydrogen) atoms. The summed E-state index contributed by atoms with van der Waals surface area (Å²) in [6.07, 6.45) is 9.45. The molecule has 1 aromatic rings. The minimum atomic E-state index is -0.112. The first kappa shape index (κ1) is 14.0. The Bertz CT molecular complexity index is 464. The van der Waals surface area contributed by atoms with E-state index in [0.717, 1.165) is 36.8 Å². The van der Waals surface area contributed by atoms with Crippen molar-refractivity contribution in [2.75, 3.05) is 6.61 Å². The van der Waals surface area contributed by atoms with Gasteiger partial charge in [-0.2, -0.15) is 0 Å². The van der Waals surface area contributed by atoms with Crippen molar-refractivity contribution >= 4 is 0 Å². The smallest absolute Gasteiger partial charge is 0.127 e. The van der Waals surface area contributed by atoms with Crippen molar-refractivity contribution in [1.29, 1.82) is 0 Å². The molecule has 0 saturated heterocycles. The van der Waals surface area contributed by atoms with Gasteiger partial charge >= 0.3 is 0 Å². The summed E-state index contributed by atoms with van der Waals surface area (Å²) in [7, 11) is 0. The Hall–Kier alpha value is -1.41. The van der Waals surface area contributed by atoms with Crippen LogP contribution in [0.25, 0.3) is 0 Å². The molecule has 1 aliphatic carbocycles. The lowest BCUT2D eigenvalue weighted by atomic mass is 9.84. The maximum atomic E-state index is 14.1. The summed E-state index contributed by atoms with van der Waals surface area (Å²) in [4.78, 5) is 0. The van der Waals surface area contributed by atoms with E-state index in [2.05, 4.69) is 6.58 Å². The van der Waals surface area contributed by atoms with Crippen LogP contribution in [-0.4, -0.2) is 11.7 Å². The summed E-state index contributed by atoms with van der Waals surface area (Å²) in [5.74, 6) is 0.279. The van der Waals surface area contributed by atoms with Gasteiger partial charge in [-0.1, -0.05) is 30.4 Å². The maximum absolute atomic E-state index is 14.1. The van der Waals surface area contributed by atoms with Crippen LogP contribution in [0.3, 0.4) is 0 Å². The Morgan fingerprint density at radius 3 is 2.74 bits per heavy atom. The third-order valence-corrected chi connectivity index (χ3v) is 3.80. The Labute approximate surface area is 114 Å². The van der Waals surface area contributed by atoms with Crippen LogP contribution in [0.2, 0.25) is 0 Å². The Morgan fingerprint density at radius 2 is 2.16 bits per heavy atom. The number of benzene rings is 1. The summed E-state index contributed by atoms with van der Waals surface area (Å²) >= 11 is 0. The Morgan fingerprint density at radius 1 is 1.32 bits per heavy atom. The van der Waals surface area contributed by atoms with Gasteiger partial charge in [-0.3, -0.25) is 0 Å². The molecular weight excluding hydrogens is 239 g/mol. The number of hydrogen-bond donors (Lipinski definition) is 1. The number of allylic oxidation sites excluding steroid dienone is 2. The lowest BCUT2D eigenvalue weighted by Crippen LogP contribution is -2.11. The van der Waals surface area contributed by atoms with Crippen LogP contribution in [0, 0.1) is 11.7 Å². The van der Waals surface area contributed by atoms with Crippen LogP contribution in [0.4, 0.5) is 4.39 Å². The number of rotatable bonds is 5. The fraction of sp³-hybridized carbons (Fsp3) is 0.412. The first-order chi connectivity index (χ1) is 9.24. The second-order valence-corrected chi connectivity index (χ2v) is 5.19. The van der Waals surface area contributed by atoms with E-state index in [4.69, 9.17) is 5.11 Å². The number of halogens is 1. The van der Waals surface area contributed by atoms with Gasteiger partial charge in [-0.15, -0.1) is 6.58 Å². The molecule has 0 saturated carbocycles. The summed E-state index contributed by atoms with van der Waals surface area (Å²) in [5.41, 5.74) is 1.80. The van der Waals surface area contributed by atoms with Crippen molar-refractivity contribution in [2.45, 2.75) is 31.6 Å². The maximum Gasteiger partial charge on any atom is 0.127 e. The molecule has 0 radical (unpaired) electrons. The van der Waals surface area contributed by atoms with Crippen LogP contribution >= 0.6 is 0 Å². The predicted octanol–water partition coefficient (Wildman–Crippen LogP) is 3.99. The minimum absolute atomic E-state index is 0.112. The molecule has 102 valence electrons. The van der Waals surface area contributed by atoms with E-state index in [-0.39, 0.29) is 24.3 Å². The van der Waals surface area contributed by atoms with Gasteiger partial charge in [0.1, 0.15) is 5.82 Å². The quantitative estimate of drug-likeness (QED) is 0.794. The van der Waals surface area contributed by atoms with Crippen LogP contribution < -0.4 is 0 Å². The van der Waals surface area contributed by atoms with Gasteiger partial charge in [0, 0.05) is 12.5 Å². The zero-order chi connectivity index (χ0) is 13.7. The van der Waals surface area contributed by atoms with E-state index in [0.29, 0.717) is 0 Å². The molecule has 2 unspecified atom stereocenters. The summed E-state index contributed by atoms with van der Waals surface area (Å²) in [6.45, 7) is 3.87. The van der Waals surface area contributed by atoms with Gasteiger partial charge in [0.2, 0.25) is 0 Å². The highest BCUT2D eigenvalue weighted by Gasteiger charge is 2.19. The van der Waals surface area contributed by atoms with E-state index < -0.39 is 0 Å². The largest absolute Gasteiger partial charge is 0.396 e. The molecule has 0 amide bonds. The number of hydrogen-bond acceptors (Lipinski definition) is 1. The van der Waals surface area contributed by atoms with E-state index in [1.165, 1.54) is 0 Å². The van der Waals surface area contributed by atoms with Gasteiger partial charge in [0.25, 0.3) is 0 Å². The zero-order valence-corrected chi connectivity index (χ0v) is 11.2. The van der Waals surface area contributed by atoms with Gasteiger partial charge in [0.05, 0.1) is 0 Å². The second-order valence-electron chi connectivity index (χ2n) is 5.19. The average molecular weight is 260 g/mol. The first-order valence-electron chi connectivity index (χ1n) is 6.93. The Balaban J connectivity index is 2.11. The molecule has 0 aromatic heterocycles. The molecule has 0 aliphatic heterocycles. The number of aliphatic hydroxyl groups is 1. The lowest BCUT2D eigenvalue weighted by Gasteiger charge is -2.22. The second kappa shape index (κ2) is 6.67. The molecule has 1 nitrogen and oxygen atoms in total. The van der Waals surface area contributed by atoms with Crippen molar-refractivity contribution < 1.29 is 9.50 Å². The third kappa shape index (κ3) is 3.54. The van der Waals surface area contributed by atoms with Crippen LogP contribution in [0.15, 0.2) is 43.0 Å². The fourth-order valence-corrected chi connectivity index (χ4v) is 2.58. The predicted molar refractivity (Wildman–Crippen MR) is 76.6 cm³/mol. The molecule has 2 heteroatoms. The monoisotopic (exact) mass is 260 g/mol. The van der Waals surface area contributed by atoms with E-state index in [1.54, 1.807) is 6.07 Å². The van der Waals surface area contributed by atoms with Crippen molar-refractivity contribution in [1.82, 2.24) is 0 Å². The van der Waals surface area contributed by atoms with Crippen molar-refractivity contribution in [2.24, 2.45) is 5.92 Å². The number of aryl methyl sites for hydroxylation is 1. The van der Waals surface area contributed by atoms with Crippen molar-refractivity contribution in [3.8, 4) is 0 Å². The highest BCUT2D eigenvalue weighted by Crippen LogP contribution is 2.32. The standard InChI is InChI=1S/C17H21FO/c1-2-3-4-13-7-10-16(17(18)11-13)15-8-5-14(12-19)6-9-15/h2,5,7-8,10-11,14-15,19H,1,3-4,6,9,12H2. The van der Waals surface area contributed by atoms with Crippen molar-refractivity contribution in [3.63, 3.8) is 0 Å². The molecular formula is C17H21FO. The van der Waals surface area contributed by atoms with Gasteiger partial charge in [-0.25, -0.2) is 4.39 Å². The van der Waals surface area contributed by atoms with Crippen LogP contribution in [0.5, 0.6) is 0 Å². The molecule has 2 atom stereocenters. The van der Waals surface area contributed by atoms with E-state index in [9.17, 15) is 4.39 Å². The molecule has 0 fully saturated rings. The van der Waals surface area contributed by atoms with Crippen molar-refractivity contribution in [3.05, 3.63) is 60.0 Å². The minimum Gasteiger partial charge on any atom is -0.396 e. The van der Waals surface area contributed by atoms with Gasteiger partial charge < -0.3 is 5.11 Å². The topological polar surface area (TPSA) is 20.2 Å². The fourth-order valence-electron chi connectivity index (χ4n) is 2.58. The average Bonchev–Trinajstić information content (AvgIpc) is 2.45. The summed E-state index contributed by atoms with van der Waals surface area (Å²) < 4.78 is 14.1. The summed E-state index contributed by atoms with van der Waals surface area (Å²) in [6, 6.07) is 5.56. The van der Waals surface area contributed by atoms with E-state index in [1.807, 2.05) is 30.4 Å². The molecule has 0 bridgehead atoms. The normalized spacial score (nSPS) is 22.4. The lowest BCUT2D eigenvalue weighted by molar-refractivity contribution is 0.239. The highest BCUT2D eigenvalue weighted by molar-refractivity contribution is 5.31. The molecule has 0 heterocycles. The molecule has 2 rings (SSSR count). The third-order valence-electron chi connectivity index (χ3n) is 3.80. The SMILES string of the molecule is C=CCCc1ccc(C2C=CC(CO)CC2)c(F)c1. The zero-order valence-electron chi connectivity index (χ0n) is 11.2. The number of aliphatic hydroxyl groups excluding tert-OH is 1. The van der Waals surface area contributed by atoms with Crippen LogP contribution in [0.1, 0.15) is 36.3 Å². The molecule has 1 aromatic carbocycles. The molecule has 1 N–H and O–H groups in total. The van der Waals surface area contributed by atoms with Gasteiger partial charge in [0.15, 0.2) is 0 Å². The molecule has 1 aliphatic rings. The van der Waals surface area contributed by atoms with Crippen LogP contribution in [-0.2, 0) is 6.42 Å². The summed E-state index contributed by atoms with van der Waals surface area (Å²) in [5, 5.41) is 9.09.